The molecule has 2 fully saturated rings. The molecule has 0 bridgehead atoms. The van der Waals surface area contributed by atoms with Gasteiger partial charge in [0.2, 0.25) is 0 Å². The van der Waals surface area contributed by atoms with Crippen molar-refractivity contribution >= 4 is 0 Å². The molecule has 2 aliphatic carbocycles. The van der Waals surface area contributed by atoms with Crippen molar-refractivity contribution in [2.75, 3.05) is 0 Å². The maximum absolute atomic E-state index is 9.77. The van der Waals surface area contributed by atoms with Crippen LogP contribution in [0.15, 0.2) is 0 Å². The van der Waals surface area contributed by atoms with Crippen LogP contribution in [0, 0.1) is 11.8 Å². The van der Waals surface area contributed by atoms with E-state index in [1.165, 1.54) is 32.1 Å². The third kappa shape index (κ3) is 1.38. The molecule has 12 heavy (non-hydrogen) atoms. The Hall–Kier alpha value is -0.0800. The second-order valence-electron chi connectivity index (χ2n) is 4.42. The number of aliphatic hydroxyl groups excluding tert-OH is 1. The van der Waals surface area contributed by atoms with Crippen molar-refractivity contribution in [1.29, 1.82) is 0 Å². The fraction of sp³-hybridized carbons (Fsp3) is 1.00. The van der Waals surface area contributed by atoms with Crippen LogP contribution in [0.25, 0.3) is 0 Å². The highest BCUT2D eigenvalue weighted by Gasteiger charge is 2.37. The molecule has 3 N–H and O–H groups in total. The normalized spacial score (nSPS) is 48.5. The predicted octanol–water partition coefficient (Wildman–Crippen LogP) is 1.27. The standard InChI is InChI=1S/C10H19NO/c11-9-5-1-4-8-7(9)3-2-6-10(8)12/h7-10,12H,1-6,11H2. The molecule has 0 aromatic heterocycles. The molecular formula is C10H19NO. The van der Waals surface area contributed by atoms with Gasteiger partial charge in [-0.05, 0) is 37.5 Å². The summed E-state index contributed by atoms with van der Waals surface area (Å²) >= 11 is 0. The van der Waals surface area contributed by atoms with Gasteiger partial charge in [-0.2, -0.15) is 0 Å². The number of rotatable bonds is 0. The highest BCUT2D eigenvalue weighted by atomic mass is 16.3. The summed E-state index contributed by atoms with van der Waals surface area (Å²) in [6.45, 7) is 0. The molecule has 0 aromatic rings. The minimum Gasteiger partial charge on any atom is -0.393 e. The zero-order valence-electron chi connectivity index (χ0n) is 7.58. The molecule has 0 spiro atoms. The second-order valence-corrected chi connectivity index (χ2v) is 4.42. The fourth-order valence-electron chi connectivity index (χ4n) is 3.02. The van der Waals surface area contributed by atoms with Crippen molar-refractivity contribution in [2.24, 2.45) is 17.6 Å². The molecule has 0 saturated heterocycles. The summed E-state index contributed by atoms with van der Waals surface area (Å²) in [6, 6.07) is 0.374. The van der Waals surface area contributed by atoms with Crippen molar-refractivity contribution in [1.82, 2.24) is 0 Å². The summed E-state index contributed by atoms with van der Waals surface area (Å²) in [5.41, 5.74) is 6.04. The lowest BCUT2D eigenvalue weighted by Gasteiger charge is -2.42. The van der Waals surface area contributed by atoms with Crippen LogP contribution in [-0.4, -0.2) is 17.3 Å². The van der Waals surface area contributed by atoms with Crippen molar-refractivity contribution in [3.8, 4) is 0 Å². The molecule has 0 amide bonds. The van der Waals surface area contributed by atoms with Crippen molar-refractivity contribution < 1.29 is 5.11 Å². The second kappa shape index (κ2) is 3.35. The molecule has 0 aromatic carbocycles. The Morgan fingerprint density at radius 2 is 1.58 bits per heavy atom. The van der Waals surface area contributed by atoms with Crippen molar-refractivity contribution in [2.45, 2.75) is 50.7 Å². The molecule has 0 heterocycles. The number of fused-ring (bicyclic) bond motifs is 1. The average Bonchev–Trinajstić information content (AvgIpc) is 2.07. The average molecular weight is 169 g/mol. The minimum absolute atomic E-state index is 0.0462. The van der Waals surface area contributed by atoms with Crippen molar-refractivity contribution in [3.05, 3.63) is 0 Å². The van der Waals surface area contributed by atoms with Crippen LogP contribution in [0.3, 0.4) is 0 Å². The number of hydrogen-bond acceptors (Lipinski definition) is 2. The summed E-state index contributed by atoms with van der Waals surface area (Å²) in [4.78, 5) is 0. The maximum Gasteiger partial charge on any atom is 0.0571 e. The first-order chi connectivity index (χ1) is 5.79. The van der Waals surface area contributed by atoms with E-state index in [1.807, 2.05) is 0 Å². The first-order valence-corrected chi connectivity index (χ1v) is 5.22. The van der Waals surface area contributed by atoms with Gasteiger partial charge in [-0.1, -0.05) is 12.8 Å². The molecule has 2 nitrogen and oxygen atoms in total. The van der Waals surface area contributed by atoms with Gasteiger partial charge in [-0.15, -0.1) is 0 Å². The lowest BCUT2D eigenvalue weighted by Crippen LogP contribution is -2.45. The Morgan fingerprint density at radius 1 is 0.917 bits per heavy atom. The van der Waals surface area contributed by atoms with Crippen molar-refractivity contribution in [3.63, 3.8) is 0 Å². The summed E-state index contributed by atoms with van der Waals surface area (Å²) in [5, 5.41) is 9.77. The lowest BCUT2D eigenvalue weighted by atomic mass is 9.67. The van der Waals surface area contributed by atoms with Crippen LogP contribution in [0.4, 0.5) is 0 Å². The largest absolute Gasteiger partial charge is 0.393 e. The molecule has 2 saturated carbocycles. The molecule has 2 rings (SSSR count). The number of nitrogens with two attached hydrogens (primary N) is 1. The van der Waals surface area contributed by atoms with Gasteiger partial charge >= 0.3 is 0 Å². The van der Waals surface area contributed by atoms with Crippen LogP contribution in [0.2, 0.25) is 0 Å². The summed E-state index contributed by atoms with van der Waals surface area (Å²) in [7, 11) is 0. The molecule has 0 aliphatic heterocycles. The number of hydrogen-bond donors (Lipinski definition) is 2. The van der Waals surface area contributed by atoms with Gasteiger partial charge in [0.05, 0.1) is 6.10 Å². The molecule has 4 unspecified atom stereocenters. The van der Waals surface area contributed by atoms with E-state index in [2.05, 4.69) is 0 Å². The van der Waals surface area contributed by atoms with Gasteiger partial charge in [0.25, 0.3) is 0 Å². The molecule has 0 radical (unpaired) electrons. The zero-order valence-corrected chi connectivity index (χ0v) is 7.58. The third-order valence-electron chi connectivity index (χ3n) is 3.71. The van der Waals surface area contributed by atoms with E-state index in [-0.39, 0.29) is 6.10 Å². The van der Waals surface area contributed by atoms with E-state index in [0.29, 0.717) is 17.9 Å². The van der Waals surface area contributed by atoms with E-state index in [0.717, 1.165) is 6.42 Å². The Morgan fingerprint density at radius 3 is 2.33 bits per heavy atom. The lowest BCUT2D eigenvalue weighted by molar-refractivity contribution is 0.00227. The summed E-state index contributed by atoms with van der Waals surface area (Å²) in [5.74, 6) is 1.16. The summed E-state index contributed by atoms with van der Waals surface area (Å²) in [6.07, 6.45) is 7.00. The van der Waals surface area contributed by atoms with E-state index in [9.17, 15) is 5.11 Å². The molecule has 70 valence electrons. The summed E-state index contributed by atoms with van der Waals surface area (Å²) < 4.78 is 0. The van der Waals surface area contributed by atoms with Gasteiger partial charge in [-0.25, -0.2) is 0 Å². The van der Waals surface area contributed by atoms with Crippen LogP contribution in [0.5, 0.6) is 0 Å². The first-order valence-electron chi connectivity index (χ1n) is 5.22. The molecular weight excluding hydrogens is 150 g/mol. The van der Waals surface area contributed by atoms with E-state index >= 15 is 0 Å². The maximum atomic E-state index is 9.77. The van der Waals surface area contributed by atoms with Gasteiger partial charge in [0.15, 0.2) is 0 Å². The topological polar surface area (TPSA) is 46.2 Å². The van der Waals surface area contributed by atoms with Crippen LogP contribution < -0.4 is 5.73 Å². The Kier molecular flexibility index (Phi) is 2.37. The van der Waals surface area contributed by atoms with E-state index < -0.39 is 0 Å². The Bertz CT molecular complexity index is 142. The van der Waals surface area contributed by atoms with E-state index in [4.69, 9.17) is 5.73 Å². The highest BCUT2D eigenvalue weighted by molar-refractivity contribution is 4.91. The fourth-order valence-corrected chi connectivity index (χ4v) is 3.02. The first kappa shape index (κ1) is 8.52. The van der Waals surface area contributed by atoms with Crippen LogP contribution in [0.1, 0.15) is 38.5 Å². The number of aliphatic hydroxyl groups is 1. The van der Waals surface area contributed by atoms with Gasteiger partial charge in [0, 0.05) is 6.04 Å². The predicted molar refractivity (Wildman–Crippen MR) is 48.7 cm³/mol. The monoisotopic (exact) mass is 169 g/mol. The third-order valence-corrected chi connectivity index (χ3v) is 3.71. The minimum atomic E-state index is -0.0462. The van der Waals surface area contributed by atoms with E-state index in [1.54, 1.807) is 0 Å². The van der Waals surface area contributed by atoms with Gasteiger partial charge < -0.3 is 10.8 Å². The highest BCUT2D eigenvalue weighted by Crippen LogP contribution is 2.39. The van der Waals surface area contributed by atoms with Crippen LogP contribution >= 0.6 is 0 Å². The quantitative estimate of drug-likeness (QED) is 0.573. The zero-order chi connectivity index (χ0) is 8.55. The van der Waals surface area contributed by atoms with Gasteiger partial charge in [0.1, 0.15) is 0 Å². The smallest absolute Gasteiger partial charge is 0.0571 e. The SMILES string of the molecule is NC1CCCC2C(O)CCCC12. The molecule has 2 heteroatoms. The van der Waals surface area contributed by atoms with Crippen LogP contribution in [-0.2, 0) is 0 Å². The Labute approximate surface area is 74.1 Å². The Balaban J connectivity index is 2.05. The molecule has 2 aliphatic rings. The molecule has 4 atom stereocenters. The van der Waals surface area contributed by atoms with Gasteiger partial charge in [-0.3, -0.25) is 0 Å².